The van der Waals surface area contributed by atoms with Gasteiger partial charge in [0, 0.05) is 5.56 Å². The minimum Gasteiger partial charge on any atom is -0.291 e. The Morgan fingerprint density at radius 3 is 2.78 bits per heavy atom. The number of rotatable bonds is 5. The minimum absolute atomic E-state index is 0.228. The van der Waals surface area contributed by atoms with Gasteiger partial charge in [-0.3, -0.25) is 4.79 Å². The lowest BCUT2D eigenvalue weighted by molar-refractivity contribution is 0.0841. The predicted octanol–water partition coefficient (Wildman–Crippen LogP) is 4.67. The number of carbonyl (C=O) groups is 1. The van der Waals surface area contributed by atoms with Gasteiger partial charge in [-0.05, 0) is 24.3 Å². The number of unbranched alkanes of at least 4 members (excludes halogenated alkanes) is 3. The number of alkyl halides is 1. The summed E-state index contributed by atoms with van der Waals surface area (Å²) >= 11 is 0. The molecule has 18 heavy (non-hydrogen) atoms. The molecule has 1 aliphatic rings. The normalized spacial score (nSPS) is 22.9. The van der Waals surface area contributed by atoms with Gasteiger partial charge in [0.25, 0.3) is 0 Å². The summed E-state index contributed by atoms with van der Waals surface area (Å²) in [7, 11) is 0. The van der Waals surface area contributed by atoms with Gasteiger partial charge in [-0.2, -0.15) is 0 Å². The highest BCUT2D eigenvalue weighted by Crippen LogP contribution is 2.36. The van der Waals surface area contributed by atoms with Crippen LogP contribution in [0.1, 0.15) is 67.3 Å². The highest BCUT2D eigenvalue weighted by atomic mass is 19.1. The number of halogens is 1. The smallest absolute Gasteiger partial charge is 0.197 e. The van der Waals surface area contributed by atoms with E-state index in [9.17, 15) is 9.18 Å². The standard InChI is InChI=1S/C16H21FO/c1-2-3-4-5-8-12-11-15(17)16(18)14-10-7-6-9-13(12)14/h6-7,9-10,12,15H,2-5,8,11H2,1H3. The minimum atomic E-state index is -1.30. The zero-order valence-electron chi connectivity index (χ0n) is 11.0. The van der Waals surface area contributed by atoms with Crippen LogP contribution in [0.5, 0.6) is 0 Å². The third kappa shape index (κ3) is 2.80. The number of benzene rings is 1. The fourth-order valence-electron chi connectivity index (χ4n) is 2.82. The molecular weight excluding hydrogens is 227 g/mol. The van der Waals surface area contributed by atoms with Crippen molar-refractivity contribution < 1.29 is 9.18 Å². The highest BCUT2D eigenvalue weighted by Gasteiger charge is 2.32. The molecule has 0 aromatic heterocycles. The number of Topliss-reactive ketones (excluding diaryl/α,β-unsaturated/α-hetero) is 1. The summed E-state index contributed by atoms with van der Waals surface area (Å²) in [5.74, 6) is -0.0961. The first-order valence-electron chi connectivity index (χ1n) is 7.01. The summed E-state index contributed by atoms with van der Waals surface area (Å²) in [6.07, 6.45) is 4.88. The van der Waals surface area contributed by atoms with Crippen LogP contribution in [0.25, 0.3) is 0 Å². The van der Waals surface area contributed by atoms with Crippen molar-refractivity contribution in [1.82, 2.24) is 0 Å². The lowest BCUT2D eigenvalue weighted by Crippen LogP contribution is -2.26. The van der Waals surface area contributed by atoms with Crippen LogP contribution in [-0.2, 0) is 0 Å². The van der Waals surface area contributed by atoms with Crippen molar-refractivity contribution in [2.75, 3.05) is 0 Å². The Kier molecular flexibility index (Phi) is 4.51. The number of ketones is 1. The van der Waals surface area contributed by atoms with Crippen LogP contribution in [0.15, 0.2) is 24.3 Å². The fourth-order valence-corrected chi connectivity index (χ4v) is 2.82. The lowest BCUT2D eigenvalue weighted by Gasteiger charge is -2.26. The molecule has 0 saturated carbocycles. The second-order valence-corrected chi connectivity index (χ2v) is 5.20. The number of hydrogen-bond acceptors (Lipinski definition) is 1. The largest absolute Gasteiger partial charge is 0.291 e. The second-order valence-electron chi connectivity index (χ2n) is 5.20. The molecule has 0 radical (unpaired) electrons. The van der Waals surface area contributed by atoms with E-state index in [0.29, 0.717) is 12.0 Å². The van der Waals surface area contributed by atoms with Gasteiger partial charge in [0.1, 0.15) is 0 Å². The first-order chi connectivity index (χ1) is 8.74. The molecule has 0 amide bonds. The van der Waals surface area contributed by atoms with Gasteiger partial charge >= 0.3 is 0 Å². The molecule has 1 aliphatic carbocycles. The lowest BCUT2D eigenvalue weighted by atomic mass is 9.78. The Morgan fingerprint density at radius 2 is 2.00 bits per heavy atom. The van der Waals surface area contributed by atoms with Crippen molar-refractivity contribution in [3.05, 3.63) is 35.4 Å². The Morgan fingerprint density at radius 1 is 1.22 bits per heavy atom. The molecule has 0 saturated heterocycles. The Hall–Kier alpha value is -1.18. The van der Waals surface area contributed by atoms with Crippen LogP contribution in [0.4, 0.5) is 4.39 Å². The van der Waals surface area contributed by atoms with E-state index in [1.807, 2.05) is 18.2 Å². The van der Waals surface area contributed by atoms with E-state index in [1.165, 1.54) is 19.3 Å². The molecule has 98 valence electrons. The topological polar surface area (TPSA) is 17.1 Å². The molecule has 0 bridgehead atoms. The second kappa shape index (κ2) is 6.12. The summed E-state index contributed by atoms with van der Waals surface area (Å²) in [6, 6.07) is 7.53. The van der Waals surface area contributed by atoms with E-state index >= 15 is 0 Å². The van der Waals surface area contributed by atoms with Crippen LogP contribution < -0.4 is 0 Å². The third-order valence-electron chi connectivity index (χ3n) is 3.85. The van der Waals surface area contributed by atoms with Crippen molar-refractivity contribution in [3.63, 3.8) is 0 Å². The Balaban J connectivity index is 2.07. The maximum absolute atomic E-state index is 13.7. The number of carbonyl (C=O) groups excluding carboxylic acids is 1. The quantitative estimate of drug-likeness (QED) is 0.692. The van der Waals surface area contributed by atoms with E-state index in [2.05, 4.69) is 6.92 Å². The SMILES string of the molecule is CCCCCCC1CC(F)C(=O)c2ccccc21. The molecule has 0 N–H and O–H groups in total. The molecule has 2 rings (SSSR count). The number of fused-ring (bicyclic) bond motifs is 1. The molecule has 0 spiro atoms. The average molecular weight is 248 g/mol. The first kappa shape index (κ1) is 13.3. The summed E-state index contributed by atoms with van der Waals surface area (Å²) in [4.78, 5) is 11.8. The van der Waals surface area contributed by atoms with E-state index in [1.54, 1.807) is 6.07 Å². The monoisotopic (exact) mass is 248 g/mol. The zero-order chi connectivity index (χ0) is 13.0. The Labute approximate surface area is 108 Å². The van der Waals surface area contributed by atoms with Gasteiger partial charge in [0.2, 0.25) is 0 Å². The summed E-state index contributed by atoms with van der Waals surface area (Å²) < 4.78 is 13.7. The van der Waals surface area contributed by atoms with Crippen molar-refractivity contribution in [2.45, 2.75) is 57.5 Å². The third-order valence-corrected chi connectivity index (χ3v) is 3.85. The molecule has 2 unspecified atom stereocenters. The highest BCUT2D eigenvalue weighted by molar-refractivity contribution is 6.02. The molecule has 1 aromatic rings. The van der Waals surface area contributed by atoms with Crippen molar-refractivity contribution in [1.29, 1.82) is 0 Å². The molecule has 0 aliphatic heterocycles. The van der Waals surface area contributed by atoms with Gasteiger partial charge in [-0.1, -0.05) is 56.9 Å². The van der Waals surface area contributed by atoms with Crippen molar-refractivity contribution >= 4 is 5.78 Å². The van der Waals surface area contributed by atoms with Crippen LogP contribution in [-0.4, -0.2) is 12.0 Å². The van der Waals surface area contributed by atoms with E-state index in [0.717, 1.165) is 18.4 Å². The van der Waals surface area contributed by atoms with Crippen LogP contribution in [0.3, 0.4) is 0 Å². The average Bonchev–Trinajstić information content (AvgIpc) is 2.40. The summed E-state index contributed by atoms with van der Waals surface area (Å²) in [5, 5.41) is 0. The zero-order valence-corrected chi connectivity index (χ0v) is 11.0. The summed E-state index contributed by atoms with van der Waals surface area (Å²) in [5.41, 5.74) is 1.67. The molecule has 2 heteroatoms. The molecule has 0 fully saturated rings. The van der Waals surface area contributed by atoms with E-state index in [-0.39, 0.29) is 11.7 Å². The molecule has 2 atom stereocenters. The van der Waals surface area contributed by atoms with Gasteiger partial charge in [0.15, 0.2) is 12.0 Å². The molecule has 1 aromatic carbocycles. The van der Waals surface area contributed by atoms with E-state index in [4.69, 9.17) is 0 Å². The fraction of sp³-hybridized carbons (Fsp3) is 0.562. The Bertz CT molecular complexity index is 413. The first-order valence-corrected chi connectivity index (χ1v) is 7.01. The van der Waals surface area contributed by atoms with Gasteiger partial charge < -0.3 is 0 Å². The van der Waals surface area contributed by atoms with Gasteiger partial charge in [-0.15, -0.1) is 0 Å². The predicted molar refractivity (Wildman–Crippen MR) is 71.8 cm³/mol. The molecule has 0 heterocycles. The van der Waals surface area contributed by atoms with Crippen LogP contribution >= 0.6 is 0 Å². The molecular formula is C16H21FO. The van der Waals surface area contributed by atoms with Gasteiger partial charge in [-0.25, -0.2) is 4.39 Å². The van der Waals surface area contributed by atoms with E-state index < -0.39 is 6.17 Å². The van der Waals surface area contributed by atoms with Crippen LogP contribution in [0.2, 0.25) is 0 Å². The van der Waals surface area contributed by atoms with Crippen molar-refractivity contribution in [3.8, 4) is 0 Å². The maximum Gasteiger partial charge on any atom is 0.197 e. The van der Waals surface area contributed by atoms with Crippen molar-refractivity contribution in [2.24, 2.45) is 0 Å². The van der Waals surface area contributed by atoms with Crippen LogP contribution in [0, 0.1) is 0 Å². The maximum atomic E-state index is 13.7. The van der Waals surface area contributed by atoms with Gasteiger partial charge in [0.05, 0.1) is 0 Å². The summed E-state index contributed by atoms with van der Waals surface area (Å²) in [6.45, 7) is 2.19. The number of hydrogen-bond donors (Lipinski definition) is 0. The molecule has 1 nitrogen and oxygen atoms in total.